The van der Waals surface area contributed by atoms with E-state index >= 15 is 0 Å². The van der Waals surface area contributed by atoms with Crippen molar-refractivity contribution in [2.24, 2.45) is 34.2 Å². The zero-order valence-corrected chi connectivity index (χ0v) is 20.0. The number of allylic oxidation sites excluding steroid dienone is 1. The van der Waals surface area contributed by atoms with Crippen molar-refractivity contribution in [2.45, 2.75) is 70.8 Å². The molecule has 0 spiro atoms. The topological polar surface area (TPSA) is 87.6 Å². The number of amides is 2. The summed E-state index contributed by atoms with van der Waals surface area (Å²) in [5.41, 5.74) is 4.08. The normalized spacial score (nSPS) is 34.4. The van der Waals surface area contributed by atoms with Crippen LogP contribution in [-0.4, -0.2) is 29.9 Å². The van der Waals surface area contributed by atoms with Gasteiger partial charge in [0.2, 0.25) is 5.91 Å². The monoisotopic (exact) mass is 461 g/mol. The fourth-order valence-electron chi connectivity index (χ4n) is 7.13. The van der Waals surface area contributed by atoms with Gasteiger partial charge in [-0.05, 0) is 99.7 Å². The van der Waals surface area contributed by atoms with Crippen molar-refractivity contribution < 1.29 is 14.4 Å². The number of carbonyl (C=O) groups excluding carboxylic acids is 3. The van der Waals surface area contributed by atoms with E-state index in [9.17, 15) is 14.4 Å². The van der Waals surface area contributed by atoms with E-state index in [4.69, 9.17) is 0 Å². The molecule has 34 heavy (non-hydrogen) atoms. The van der Waals surface area contributed by atoms with Crippen molar-refractivity contribution in [3.63, 3.8) is 0 Å². The molecule has 1 aromatic rings. The number of carbonyl (C=O) groups is 3. The maximum absolute atomic E-state index is 13.2. The first-order valence-electron chi connectivity index (χ1n) is 12.9. The molecule has 5 aliphatic carbocycles. The zero-order chi connectivity index (χ0) is 23.7. The fourth-order valence-corrected chi connectivity index (χ4v) is 7.13. The predicted octanol–water partition coefficient (Wildman–Crippen LogP) is 4.26. The molecular formula is C28H35N3O3. The number of nitrogens with zero attached hydrogens (tertiary/aromatic N) is 1. The van der Waals surface area contributed by atoms with E-state index in [-0.39, 0.29) is 28.9 Å². The molecule has 5 aliphatic rings. The van der Waals surface area contributed by atoms with Crippen molar-refractivity contribution in [1.82, 2.24) is 10.7 Å². The maximum Gasteiger partial charge on any atom is 0.262 e. The Kier molecular flexibility index (Phi) is 6.41. The molecule has 2 amide bonds. The lowest BCUT2D eigenvalue weighted by Crippen LogP contribution is -2.56. The summed E-state index contributed by atoms with van der Waals surface area (Å²) >= 11 is 0. The average Bonchev–Trinajstić information content (AvgIpc) is 2.81. The Morgan fingerprint density at radius 1 is 1.06 bits per heavy atom. The van der Waals surface area contributed by atoms with Crippen molar-refractivity contribution >= 4 is 29.9 Å². The van der Waals surface area contributed by atoms with Crippen LogP contribution in [0, 0.1) is 29.1 Å². The Bertz CT molecular complexity index is 978. The van der Waals surface area contributed by atoms with E-state index in [1.807, 2.05) is 36.4 Å². The van der Waals surface area contributed by atoms with Gasteiger partial charge in [0.05, 0.1) is 5.92 Å². The molecule has 0 saturated heterocycles. The molecule has 180 valence electrons. The Morgan fingerprint density at radius 2 is 1.71 bits per heavy atom. The summed E-state index contributed by atoms with van der Waals surface area (Å²) in [6.45, 7) is 1.70. The van der Waals surface area contributed by atoms with E-state index < -0.39 is 6.04 Å². The standard InChI is InChI=1S/C28H35N3O3/c1-18(30-27(34)28-14-20-10-21(15-28)12-22(11-20)16-28)26(33)31-29-17-24-9-5-8-23(25(24)32)13-19-6-3-2-4-7-19/h2-4,6-7,13,17-18,20-22,24H,5,8-12,14-16H2,1H3,(H,30,34)(H,31,33)/b23-13+,29-17+. The molecular weight excluding hydrogens is 426 g/mol. The van der Waals surface area contributed by atoms with Gasteiger partial charge in [0, 0.05) is 11.6 Å². The van der Waals surface area contributed by atoms with Crippen LogP contribution >= 0.6 is 0 Å². The molecule has 0 aromatic heterocycles. The summed E-state index contributed by atoms with van der Waals surface area (Å²) in [6.07, 6.45) is 12.6. The lowest BCUT2D eigenvalue weighted by Gasteiger charge is -2.55. The molecule has 0 heterocycles. The molecule has 5 fully saturated rings. The Hall–Kier alpha value is -2.76. The summed E-state index contributed by atoms with van der Waals surface area (Å²) in [5.74, 6) is 1.46. The molecule has 1 aromatic carbocycles. The van der Waals surface area contributed by atoms with Gasteiger partial charge in [0.15, 0.2) is 5.78 Å². The first-order valence-corrected chi connectivity index (χ1v) is 12.9. The molecule has 6 heteroatoms. The summed E-state index contributed by atoms with van der Waals surface area (Å²) in [7, 11) is 0. The van der Waals surface area contributed by atoms with E-state index in [0.29, 0.717) is 17.8 Å². The van der Waals surface area contributed by atoms with Gasteiger partial charge in [-0.3, -0.25) is 14.4 Å². The van der Waals surface area contributed by atoms with Gasteiger partial charge < -0.3 is 5.32 Å². The minimum atomic E-state index is -0.659. The van der Waals surface area contributed by atoms with Crippen LogP contribution in [0.2, 0.25) is 0 Å². The second kappa shape index (κ2) is 9.47. The quantitative estimate of drug-likeness (QED) is 0.377. The summed E-state index contributed by atoms with van der Waals surface area (Å²) < 4.78 is 0. The molecule has 0 radical (unpaired) electrons. The minimum absolute atomic E-state index is 0.0383. The summed E-state index contributed by atoms with van der Waals surface area (Å²) in [5, 5.41) is 7.05. The van der Waals surface area contributed by atoms with Gasteiger partial charge in [-0.25, -0.2) is 5.43 Å². The minimum Gasteiger partial charge on any atom is -0.344 e. The third-order valence-corrected chi connectivity index (χ3v) is 8.44. The largest absolute Gasteiger partial charge is 0.344 e. The molecule has 2 unspecified atom stereocenters. The highest BCUT2D eigenvalue weighted by molar-refractivity contribution is 6.09. The van der Waals surface area contributed by atoms with Crippen LogP contribution in [-0.2, 0) is 14.4 Å². The van der Waals surface area contributed by atoms with Crippen molar-refractivity contribution in [3.05, 3.63) is 41.5 Å². The second-order valence-electron chi connectivity index (χ2n) is 11.1. The van der Waals surface area contributed by atoms with E-state index in [1.165, 1.54) is 19.3 Å². The van der Waals surface area contributed by atoms with Gasteiger partial charge in [-0.1, -0.05) is 30.3 Å². The highest BCUT2D eigenvalue weighted by atomic mass is 16.2. The predicted molar refractivity (Wildman–Crippen MR) is 132 cm³/mol. The zero-order valence-electron chi connectivity index (χ0n) is 20.0. The van der Waals surface area contributed by atoms with Crippen molar-refractivity contribution in [3.8, 4) is 0 Å². The summed E-state index contributed by atoms with van der Waals surface area (Å²) in [6, 6.07) is 9.17. The first kappa shape index (κ1) is 23.0. The maximum atomic E-state index is 13.2. The number of hydrazone groups is 1. The second-order valence-corrected chi connectivity index (χ2v) is 11.1. The highest BCUT2D eigenvalue weighted by Gasteiger charge is 2.54. The number of hydrogen-bond acceptors (Lipinski definition) is 4. The van der Waals surface area contributed by atoms with Gasteiger partial charge >= 0.3 is 0 Å². The third kappa shape index (κ3) is 4.73. The summed E-state index contributed by atoms with van der Waals surface area (Å²) in [4.78, 5) is 38.6. The van der Waals surface area contributed by atoms with Crippen LogP contribution in [0.4, 0.5) is 0 Å². The van der Waals surface area contributed by atoms with Gasteiger partial charge in [-0.2, -0.15) is 5.10 Å². The third-order valence-electron chi connectivity index (χ3n) is 8.44. The molecule has 0 aliphatic heterocycles. The lowest BCUT2D eigenvalue weighted by atomic mass is 9.49. The fraction of sp³-hybridized carbons (Fsp3) is 0.571. The average molecular weight is 462 g/mol. The number of benzene rings is 1. The van der Waals surface area contributed by atoms with Crippen LogP contribution in [0.25, 0.3) is 6.08 Å². The van der Waals surface area contributed by atoms with Crippen LogP contribution in [0.5, 0.6) is 0 Å². The van der Waals surface area contributed by atoms with Crippen molar-refractivity contribution in [2.75, 3.05) is 0 Å². The van der Waals surface area contributed by atoms with Crippen LogP contribution in [0.15, 0.2) is 41.0 Å². The Morgan fingerprint density at radius 3 is 2.35 bits per heavy atom. The van der Waals surface area contributed by atoms with E-state index in [2.05, 4.69) is 15.8 Å². The Balaban J connectivity index is 1.14. The molecule has 6 rings (SSSR count). The molecule has 2 atom stereocenters. The van der Waals surface area contributed by atoms with Gasteiger partial charge in [-0.15, -0.1) is 0 Å². The molecule has 4 bridgehead atoms. The van der Waals surface area contributed by atoms with E-state index in [0.717, 1.165) is 49.7 Å². The number of nitrogens with one attached hydrogen (secondary N) is 2. The van der Waals surface area contributed by atoms with Crippen LogP contribution in [0.3, 0.4) is 0 Å². The van der Waals surface area contributed by atoms with E-state index in [1.54, 1.807) is 13.1 Å². The number of Topliss-reactive ketones (excluding diaryl/α,β-unsaturated/α-hetero) is 1. The van der Waals surface area contributed by atoms with Gasteiger partial charge in [0.1, 0.15) is 6.04 Å². The molecule has 5 saturated carbocycles. The van der Waals surface area contributed by atoms with Crippen LogP contribution in [0.1, 0.15) is 70.3 Å². The first-order chi connectivity index (χ1) is 16.4. The highest BCUT2D eigenvalue weighted by Crippen LogP contribution is 2.60. The number of hydrogen-bond donors (Lipinski definition) is 2. The number of ketones is 1. The molecule has 2 N–H and O–H groups in total. The van der Waals surface area contributed by atoms with Crippen LogP contribution < -0.4 is 10.7 Å². The smallest absolute Gasteiger partial charge is 0.262 e. The SMILES string of the molecule is CC(NC(=O)C12CC3CC(CC(C3)C1)C2)C(=O)N/N=C/C1CCC/C(=C\c2ccccc2)C1=O. The van der Waals surface area contributed by atoms with Crippen molar-refractivity contribution in [1.29, 1.82) is 0 Å². The van der Waals surface area contributed by atoms with Gasteiger partial charge in [0.25, 0.3) is 5.91 Å². The Labute approximate surface area is 201 Å². The molecule has 6 nitrogen and oxygen atoms in total. The lowest BCUT2D eigenvalue weighted by molar-refractivity contribution is -0.148. The number of rotatable bonds is 6.